The Kier molecular flexibility index (Phi) is 3.12. The molecule has 0 saturated heterocycles. The van der Waals surface area contributed by atoms with E-state index < -0.39 is 0 Å². The van der Waals surface area contributed by atoms with Gasteiger partial charge in [0.15, 0.2) is 0 Å². The van der Waals surface area contributed by atoms with Crippen LogP contribution in [0.1, 0.15) is 19.0 Å². The van der Waals surface area contributed by atoms with E-state index in [-0.39, 0.29) is 0 Å². The van der Waals surface area contributed by atoms with Gasteiger partial charge in [-0.3, -0.25) is 4.68 Å². The third kappa shape index (κ3) is 1.99. The van der Waals surface area contributed by atoms with Gasteiger partial charge in [-0.25, -0.2) is 0 Å². The topological polar surface area (TPSA) is 41.6 Å². The van der Waals surface area contributed by atoms with E-state index in [1.54, 1.807) is 4.68 Å². The van der Waals surface area contributed by atoms with Gasteiger partial charge in [-0.15, -0.1) is 0 Å². The Morgan fingerprint density at radius 2 is 2.50 bits per heavy atom. The summed E-state index contributed by atoms with van der Waals surface area (Å²) < 4.78 is 1.66. The fourth-order valence-electron chi connectivity index (χ4n) is 0.929. The molecule has 1 aromatic heterocycles. The van der Waals surface area contributed by atoms with Crippen LogP contribution in [0.25, 0.3) is 0 Å². The summed E-state index contributed by atoms with van der Waals surface area (Å²) in [4.78, 5) is 0. The lowest BCUT2D eigenvalue weighted by atomic mass is 10.3. The van der Waals surface area contributed by atoms with Gasteiger partial charge >= 0.3 is 0 Å². The van der Waals surface area contributed by atoms with Crippen LogP contribution < -0.4 is 0 Å². The van der Waals surface area contributed by atoms with Crippen molar-refractivity contribution in [3.05, 3.63) is 16.9 Å². The molecule has 0 spiro atoms. The summed E-state index contributed by atoms with van der Waals surface area (Å²) in [6, 6.07) is 3.88. The molecule has 0 aliphatic heterocycles. The molecule has 1 aromatic rings. The van der Waals surface area contributed by atoms with Gasteiger partial charge < -0.3 is 0 Å². The second kappa shape index (κ2) is 4.13. The van der Waals surface area contributed by atoms with Crippen LogP contribution in [0.2, 0.25) is 5.15 Å². The Hall–Kier alpha value is -1.01. The monoisotopic (exact) mass is 183 g/mol. The quantitative estimate of drug-likeness (QED) is 0.720. The highest BCUT2D eigenvalue weighted by Crippen LogP contribution is 2.11. The van der Waals surface area contributed by atoms with E-state index in [1.165, 1.54) is 0 Å². The first kappa shape index (κ1) is 9.08. The molecule has 0 aromatic carbocycles. The van der Waals surface area contributed by atoms with Crippen LogP contribution in [0.15, 0.2) is 6.07 Å². The van der Waals surface area contributed by atoms with Gasteiger partial charge in [0.25, 0.3) is 0 Å². The van der Waals surface area contributed by atoms with Crippen LogP contribution in [0.3, 0.4) is 0 Å². The van der Waals surface area contributed by atoms with Gasteiger partial charge in [0.05, 0.1) is 24.7 Å². The maximum atomic E-state index is 8.35. The summed E-state index contributed by atoms with van der Waals surface area (Å²) in [5, 5.41) is 13.2. The van der Waals surface area contributed by atoms with Crippen molar-refractivity contribution in [2.75, 3.05) is 0 Å². The van der Waals surface area contributed by atoms with Gasteiger partial charge in [-0.1, -0.05) is 18.5 Å². The number of rotatable bonds is 3. The molecule has 4 heteroatoms. The van der Waals surface area contributed by atoms with Gasteiger partial charge in [0, 0.05) is 0 Å². The minimum absolute atomic E-state index is 0.449. The van der Waals surface area contributed by atoms with Crippen molar-refractivity contribution in [3.63, 3.8) is 0 Å². The molecule has 0 saturated carbocycles. The number of nitriles is 1. The van der Waals surface area contributed by atoms with Crippen molar-refractivity contribution < 1.29 is 0 Å². The SMILES string of the molecule is CCc1cc(Cl)n(CCC#N)n1. The number of aromatic nitrogens is 2. The van der Waals surface area contributed by atoms with E-state index in [2.05, 4.69) is 11.2 Å². The molecule has 0 fully saturated rings. The van der Waals surface area contributed by atoms with Crippen molar-refractivity contribution >= 4 is 11.6 Å². The highest BCUT2D eigenvalue weighted by Gasteiger charge is 2.02. The molecule has 0 aliphatic carbocycles. The summed E-state index contributed by atoms with van der Waals surface area (Å²) in [6.45, 7) is 2.60. The molecule has 0 radical (unpaired) electrons. The highest BCUT2D eigenvalue weighted by molar-refractivity contribution is 6.29. The Morgan fingerprint density at radius 1 is 1.75 bits per heavy atom. The summed E-state index contributed by atoms with van der Waals surface area (Å²) in [5.74, 6) is 0. The van der Waals surface area contributed by atoms with E-state index >= 15 is 0 Å². The van der Waals surface area contributed by atoms with Crippen LogP contribution >= 0.6 is 11.6 Å². The average molecular weight is 184 g/mol. The lowest BCUT2D eigenvalue weighted by Crippen LogP contribution is -1.99. The largest absolute Gasteiger partial charge is 0.253 e. The molecule has 0 N–H and O–H groups in total. The zero-order valence-electron chi connectivity index (χ0n) is 6.92. The number of nitrogens with zero attached hydrogens (tertiary/aromatic N) is 3. The molecule has 12 heavy (non-hydrogen) atoms. The minimum atomic E-state index is 0.449. The lowest BCUT2D eigenvalue weighted by Gasteiger charge is -1.96. The normalized spacial score (nSPS) is 9.75. The third-order valence-corrected chi connectivity index (χ3v) is 1.88. The molecule has 0 aliphatic rings. The molecular formula is C8H10ClN3. The maximum absolute atomic E-state index is 8.35. The zero-order chi connectivity index (χ0) is 8.97. The molecule has 0 amide bonds. The van der Waals surface area contributed by atoms with Crippen LogP contribution in [0, 0.1) is 11.3 Å². The number of hydrogen-bond donors (Lipinski definition) is 0. The summed E-state index contributed by atoms with van der Waals surface area (Å²) in [6.07, 6.45) is 1.32. The molecule has 1 rings (SSSR count). The smallest absolute Gasteiger partial charge is 0.127 e. The van der Waals surface area contributed by atoms with Gasteiger partial charge in [0.2, 0.25) is 0 Å². The molecule has 1 heterocycles. The summed E-state index contributed by atoms with van der Waals surface area (Å²) >= 11 is 5.85. The lowest BCUT2D eigenvalue weighted by molar-refractivity contribution is 0.619. The number of halogens is 1. The van der Waals surface area contributed by atoms with Crippen molar-refractivity contribution in [1.82, 2.24) is 9.78 Å². The van der Waals surface area contributed by atoms with E-state index in [0.29, 0.717) is 18.1 Å². The summed E-state index contributed by atoms with van der Waals surface area (Å²) in [7, 11) is 0. The maximum Gasteiger partial charge on any atom is 0.127 e. The number of aryl methyl sites for hydroxylation is 2. The second-order valence-electron chi connectivity index (χ2n) is 2.44. The van der Waals surface area contributed by atoms with Crippen molar-refractivity contribution in [3.8, 4) is 6.07 Å². The van der Waals surface area contributed by atoms with Gasteiger partial charge in [-0.2, -0.15) is 10.4 Å². The first-order valence-corrected chi connectivity index (χ1v) is 4.25. The predicted octanol–water partition coefficient (Wildman–Crippen LogP) is 2.01. The molecule has 0 bridgehead atoms. The fourth-order valence-corrected chi connectivity index (χ4v) is 1.18. The molecule has 64 valence electrons. The average Bonchev–Trinajstić information content (AvgIpc) is 2.43. The molecule has 0 unspecified atom stereocenters. The zero-order valence-corrected chi connectivity index (χ0v) is 7.67. The van der Waals surface area contributed by atoms with Crippen LogP contribution in [0.4, 0.5) is 0 Å². The van der Waals surface area contributed by atoms with Gasteiger partial charge in [0.1, 0.15) is 5.15 Å². The van der Waals surface area contributed by atoms with E-state index in [9.17, 15) is 0 Å². The Morgan fingerprint density at radius 3 is 3.00 bits per heavy atom. The van der Waals surface area contributed by atoms with Crippen molar-refractivity contribution in [2.24, 2.45) is 0 Å². The Bertz CT molecular complexity index is 298. The molecule has 3 nitrogen and oxygen atoms in total. The van der Waals surface area contributed by atoms with Crippen molar-refractivity contribution in [2.45, 2.75) is 26.3 Å². The standard InChI is InChI=1S/C8H10ClN3/c1-2-7-6-8(9)12(11-7)5-3-4-10/h6H,2-3,5H2,1H3. The number of hydrogen-bond acceptors (Lipinski definition) is 2. The predicted molar refractivity (Wildman–Crippen MR) is 46.8 cm³/mol. The first-order chi connectivity index (χ1) is 5.77. The first-order valence-electron chi connectivity index (χ1n) is 3.87. The summed E-state index contributed by atoms with van der Waals surface area (Å²) in [5.41, 5.74) is 0.970. The second-order valence-corrected chi connectivity index (χ2v) is 2.83. The van der Waals surface area contributed by atoms with Crippen LogP contribution in [0.5, 0.6) is 0 Å². The minimum Gasteiger partial charge on any atom is -0.253 e. The highest BCUT2D eigenvalue weighted by atomic mass is 35.5. The van der Waals surface area contributed by atoms with Crippen LogP contribution in [-0.2, 0) is 13.0 Å². The molecule has 0 atom stereocenters. The van der Waals surface area contributed by atoms with Crippen LogP contribution in [-0.4, -0.2) is 9.78 Å². The third-order valence-electron chi connectivity index (χ3n) is 1.58. The van der Waals surface area contributed by atoms with Gasteiger partial charge in [-0.05, 0) is 12.5 Å². The van der Waals surface area contributed by atoms with E-state index in [4.69, 9.17) is 16.9 Å². The van der Waals surface area contributed by atoms with E-state index in [1.807, 2.05) is 13.0 Å². The van der Waals surface area contributed by atoms with E-state index in [0.717, 1.165) is 12.1 Å². The fraction of sp³-hybridized carbons (Fsp3) is 0.500. The van der Waals surface area contributed by atoms with Crippen molar-refractivity contribution in [1.29, 1.82) is 5.26 Å². The Balaban J connectivity index is 2.72. The Labute approximate surface area is 76.6 Å². The molecular weight excluding hydrogens is 174 g/mol.